The van der Waals surface area contributed by atoms with Crippen LogP contribution in [-0.4, -0.2) is 30.3 Å². The molecule has 2 N–H and O–H groups in total. The number of nitrogens with one attached hydrogen (secondary N) is 2. The highest BCUT2D eigenvalue weighted by molar-refractivity contribution is 5.89. The lowest BCUT2D eigenvalue weighted by Gasteiger charge is -2.44. The van der Waals surface area contributed by atoms with Crippen LogP contribution in [0.2, 0.25) is 0 Å². The summed E-state index contributed by atoms with van der Waals surface area (Å²) < 4.78 is 11.3. The second kappa shape index (κ2) is 7.80. The lowest BCUT2D eigenvalue weighted by Crippen LogP contribution is -2.55. The van der Waals surface area contributed by atoms with E-state index < -0.39 is 17.3 Å². The molecule has 1 aliphatic heterocycles. The van der Waals surface area contributed by atoms with Gasteiger partial charge in [-0.2, -0.15) is 0 Å². The van der Waals surface area contributed by atoms with Crippen LogP contribution in [0.3, 0.4) is 0 Å². The number of amides is 2. The molecule has 0 aromatic heterocycles. The van der Waals surface area contributed by atoms with Gasteiger partial charge >= 0.3 is 0 Å². The van der Waals surface area contributed by atoms with Gasteiger partial charge in [0.25, 0.3) is 5.91 Å². The summed E-state index contributed by atoms with van der Waals surface area (Å²) in [6, 6.07) is 9.60. The van der Waals surface area contributed by atoms with Crippen LogP contribution in [0.5, 0.6) is 0 Å². The average molecular weight is 346 g/mol. The van der Waals surface area contributed by atoms with Gasteiger partial charge in [0.2, 0.25) is 5.91 Å². The van der Waals surface area contributed by atoms with E-state index in [2.05, 4.69) is 10.6 Å². The highest BCUT2D eigenvalue weighted by Gasteiger charge is 2.45. The fourth-order valence-corrected chi connectivity index (χ4v) is 2.44. The van der Waals surface area contributed by atoms with Gasteiger partial charge in [0.05, 0.1) is 6.61 Å². The van der Waals surface area contributed by atoms with E-state index in [0.29, 0.717) is 13.2 Å². The normalized spacial score (nSPS) is 21.7. The number of hydrogen-bond donors (Lipinski definition) is 2. The van der Waals surface area contributed by atoms with E-state index in [9.17, 15) is 9.59 Å². The second-order valence-corrected chi connectivity index (χ2v) is 7.22. The smallest absolute Gasteiger partial charge is 0.253 e. The van der Waals surface area contributed by atoms with Crippen molar-refractivity contribution >= 4 is 11.8 Å². The third-order valence-electron chi connectivity index (χ3n) is 3.91. The Labute approximate surface area is 148 Å². The van der Waals surface area contributed by atoms with E-state index >= 15 is 0 Å². The molecule has 0 radical (unpaired) electrons. The van der Waals surface area contributed by atoms with Crippen molar-refractivity contribution in [2.75, 3.05) is 6.61 Å². The number of ether oxygens (including phenoxy) is 2. The molecule has 25 heavy (non-hydrogen) atoms. The molecule has 2 rings (SSSR count). The van der Waals surface area contributed by atoms with E-state index in [4.69, 9.17) is 9.47 Å². The Morgan fingerprint density at radius 3 is 2.56 bits per heavy atom. The van der Waals surface area contributed by atoms with Crippen LogP contribution in [0, 0.1) is 5.41 Å². The Bertz CT molecular complexity index is 638. The molecule has 1 aliphatic rings. The summed E-state index contributed by atoms with van der Waals surface area (Å²) in [7, 11) is 0. The van der Waals surface area contributed by atoms with E-state index in [1.165, 1.54) is 12.3 Å². The molecule has 1 fully saturated rings. The largest absolute Gasteiger partial charge is 0.350 e. The van der Waals surface area contributed by atoms with Crippen molar-refractivity contribution in [3.05, 3.63) is 48.2 Å². The van der Waals surface area contributed by atoms with Crippen LogP contribution >= 0.6 is 0 Å². The molecule has 1 heterocycles. The zero-order valence-electron chi connectivity index (χ0n) is 15.2. The Balaban J connectivity index is 1.83. The fraction of sp³-hybridized carbons (Fsp3) is 0.474. The minimum absolute atomic E-state index is 0.281. The van der Waals surface area contributed by atoms with E-state index in [1.54, 1.807) is 13.8 Å². The first-order valence-corrected chi connectivity index (χ1v) is 8.30. The summed E-state index contributed by atoms with van der Waals surface area (Å²) in [5, 5.41) is 5.37. The highest BCUT2D eigenvalue weighted by Crippen LogP contribution is 2.34. The standard InChI is InChI=1S/C19H26N2O4/c1-18(2)13-24-19(3,4)25-16(18)17(23)20-11-10-15(22)21-12-14-8-6-5-7-9-14/h5-11,16H,12-13H2,1-4H3,(H,20,23)(H,21,22)/b11-10+/t16-/m0/s1. The SMILES string of the molecule is CC1(C)OCC(C)(C)[C@H](C(=O)N/C=C/C(=O)NCc2ccccc2)O1. The lowest BCUT2D eigenvalue weighted by atomic mass is 9.85. The Hall–Kier alpha value is -2.18. The van der Waals surface area contributed by atoms with Gasteiger partial charge in [0.15, 0.2) is 5.79 Å². The summed E-state index contributed by atoms with van der Waals surface area (Å²) in [6.45, 7) is 8.21. The van der Waals surface area contributed by atoms with Gasteiger partial charge in [-0.15, -0.1) is 0 Å². The van der Waals surface area contributed by atoms with Crippen LogP contribution < -0.4 is 10.6 Å². The molecule has 136 valence electrons. The van der Waals surface area contributed by atoms with Crippen LogP contribution in [0.15, 0.2) is 42.6 Å². The number of rotatable bonds is 5. The van der Waals surface area contributed by atoms with Crippen LogP contribution in [0.25, 0.3) is 0 Å². The topological polar surface area (TPSA) is 76.7 Å². The van der Waals surface area contributed by atoms with Crippen molar-refractivity contribution in [3.8, 4) is 0 Å². The maximum absolute atomic E-state index is 12.4. The van der Waals surface area contributed by atoms with Crippen LogP contribution in [0.4, 0.5) is 0 Å². The first kappa shape index (κ1) is 19.1. The zero-order valence-corrected chi connectivity index (χ0v) is 15.2. The highest BCUT2D eigenvalue weighted by atomic mass is 16.7. The number of benzene rings is 1. The van der Waals surface area contributed by atoms with E-state index in [-0.39, 0.29) is 11.8 Å². The molecule has 0 unspecified atom stereocenters. The second-order valence-electron chi connectivity index (χ2n) is 7.22. The molecule has 0 saturated carbocycles. The van der Waals surface area contributed by atoms with Crippen LogP contribution in [0.1, 0.15) is 33.3 Å². The quantitative estimate of drug-likeness (QED) is 0.801. The molecule has 0 aliphatic carbocycles. The molecule has 0 bridgehead atoms. The predicted molar refractivity (Wildman–Crippen MR) is 94.3 cm³/mol. The zero-order chi connectivity index (χ0) is 18.5. The molecule has 1 atom stereocenters. The van der Waals surface area contributed by atoms with Crippen molar-refractivity contribution in [2.45, 2.75) is 46.1 Å². The van der Waals surface area contributed by atoms with Gasteiger partial charge in [-0.25, -0.2) is 0 Å². The minimum Gasteiger partial charge on any atom is -0.350 e. The summed E-state index contributed by atoms with van der Waals surface area (Å²) in [5.41, 5.74) is 0.552. The van der Waals surface area contributed by atoms with Crippen molar-refractivity contribution < 1.29 is 19.1 Å². The molecule has 1 saturated heterocycles. The number of carbonyl (C=O) groups is 2. The maximum atomic E-state index is 12.4. The van der Waals surface area contributed by atoms with Crippen molar-refractivity contribution in [1.82, 2.24) is 10.6 Å². The maximum Gasteiger partial charge on any atom is 0.253 e. The third-order valence-corrected chi connectivity index (χ3v) is 3.91. The summed E-state index contributed by atoms with van der Waals surface area (Å²) in [5.74, 6) is -1.39. The molecule has 1 aromatic rings. The molecule has 6 nitrogen and oxygen atoms in total. The molecule has 2 amide bonds. The van der Waals surface area contributed by atoms with Gasteiger partial charge < -0.3 is 20.1 Å². The van der Waals surface area contributed by atoms with Crippen molar-refractivity contribution in [3.63, 3.8) is 0 Å². The summed E-state index contributed by atoms with van der Waals surface area (Å²) in [6.07, 6.45) is 1.97. The number of carbonyl (C=O) groups excluding carboxylic acids is 2. The van der Waals surface area contributed by atoms with Gasteiger partial charge in [0.1, 0.15) is 6.10 Å². The molecule has 1 aromatic carbocycles. The van der Waals surface area contributed by atoms with E-state index in [0.717, 1.165) is 5.56 Å². The predicted octanol–water partition coefficient (Wildman–Crippen LogP) is 2.11. The third kappa shape index (κ3) is 5.69. The average Bonchev–Trinajstić information content (AvgIpc) is 2.56. The number of hydrogen-bond acceptors (Lipinski definition) is 4. The fourth-order valence-electron chi connectivity index (χ4n) is 2.44. The van der Waals surface area contributed by atoms with Crippen LogP contribution in [-0.2, 0) is 25.6 Å². The Kier molecular flexibility index (Phi) is 5.98. The van der Waals surface area contributed by atoms with Gasteiger partial charge in [-0.3, -0.25) is 9.59 Å². The van der Waals surface area contributed by atoms with Gasteiger partial charge in [-0.1, -0.05) is 44.2 Å². The molecular weight excluding hydrogens is 320 g/mol. The Morgan fingerprint density at radius 2 is 1.88 bits per heavy atom. The van der Waals surface area contributed by atoms with Crippen molar-refractivity contribution in [1.29, 1.82) is 0 Å². The lowest BCUT2D eigenvalue weighted by molar-refractivity contribution is -0.303. The van der Waals surface area contributed by atoms with Gasteiger partial charge in [-0.05, 0) is 19.4 Å². The first-order valence-electron chi connectivity index (χ1n) is 8.30. The Morgan fingerprint density at radius 1 is 1.20 bits per heavy atom. The monoisotopic (exact) mass is 346 g/mol. The molecule has 6 heteroatoms. The van der Waals surface area contributed by atoms with Crippen molar-refractivity contribution in [2.24, 2.45) is 5.41 Å². The summed E-state index contributed by atoms with van der Waals surface area (Å²) in [4.78, 5) is 24.2. The molecule has 0 spiro atoms. The first-order chi connectivity index (χ1) is 11.7. The summed E-state index contributed by atoms with van der Waals surface area (Å²) >= 11 is 0. The van der Waals surface area contributed by atoms with Gasteiger partial charge in [0, 0.05) is 24.2 Å². The minimum atomic E-state index is -0.811. The van der Waals surface area contributed by atoms with E-state index in [1.807, 2.05) is 44.2 Å². The molecular formula is C19H26N2O4.